The van der Waals surface area contributed by atoms with Gasteiger partial charge in [0.05, 0.1) is 22.7 Å². The molecule has 10 nitrogen and oxygen atoms in total. The van der Waals surface area contributed by atoms with E-state index in [4.69, 9.17) is 9.47 Å². The molecule has 30 heavy (non-hydrogen) atoms. The minimum absolute atomic E-state index is 0.0249. The van der Waals surface area contributed by atoms with Gasteiger partial charge in [-0.15, -0.1) is 0 Å². The molecule has 0 spiro atoms. The van der Waals surface area contributed by atoms with E-state index in [1.807, 2.05) is 5.32 Å². The van der Waals surface area contributed by atoms with Gasteiger partial charge in [-0.1, -0.05) is 6.07 Å². The van der Waals surface area contributed by atoms with Crippen LogP contribution in [-0.2, 0) is 24.3 Å². The molecule has 1 heterocycles. The Labute approximate surface area is 176 Å². The second kappa shape index (κ2) is 10.0. The summed E-state index contributed by atoms with van der Waals surface area (Å²) in [5, 5.41) is 4.43. The van der Waals surface area contributed by atoms with E-state index < -0.39 is 34.0 Å². The summed E-state index contributed by atoms with van der Waals surface area (Å²) in [6.45, 7) is 7.32. The van der Waals surface area contributed by atoms with Crippen molar-refractivity contribution in [2.24, 2.45) is 0 Å². The summed E-state index contributed by atoms with van der Waals surface area (Å²) in [6.07, 6.45) is -1.75. The molecule has 1 aromatic carbocycles. The molecule has 0 aromatic heterocycles. The summed E-state index contributed by atoms with van der Waals surface area (Å²) in [5.74, 6) is -1.68. The van der Waals surface area contributed by atoms with Gasteiger partial charge in [-0.05, 0) is 45.9 Å². The van der Waals surface area contributed by atoms with Gasteiger partial charge in [-0.25, -0.2) is 18.0 Å². The van der Waals surface area contributed by atoms with Crippen LogP contribution in [0.25, 0.3) is 0 Å². The molecule has 2 rings (SSSR count). The van der Waals surface area contributed by atoms with E-state index in [1.54, 1.807) is 20.8 Å². The van der Waals surface area contributed by atoms with E-state index in [2.05, 4.69) is 5.32 Å². The summed E-state index contributed by atoms with van der Waals surface area (Å²) in [7, 11) is -3.84. The third-order valence-corrected chi connectivity index (χ3v) is 6.15. The molecule has 0 aliphatic carbocycles. The maximum Gasteiger partial charge on any atom is 0.338 e. The molecule has 0 unspecified atom stereocenters. The van der Waals surface area contributed by atoms with Crippen LogP contribution in [0.4, 0.5) is 4.79 Å². The zero-order valence-electron chi connectivity index (χ0n) is 17.4. The first-order valence-corrected chi connectivity index (χ1v) is 11.0. The number of sulfonamides is 1. The molecule has 3 atom stereocenters. The quantitative estimate of drug-likeness (QED) is 0.626. The fraction of sp³-hybridized carbons (Fsp3) is 0.526. The van der Waals surface area contributed by atoms with Gasteiger partial charge in [0.2, 0.25) is 10.0 Å². The Morgan fingerprint density at radius 1 is 1.23 bits per heavy atom. The van der Waals surface area contributed by atoms with Gasteiger partial charge in [0, 0.05) is 19.6 Å². The van der Waals surface area contributed by atoms with E-state index >= 15 is 0 Å². The van der Waals surface area contributed by atoms with Crippen LogP contribution in [0.3, 0.4) is 0 Å². The molecule has 1 fully saturated rings. The number of ether oxygens (including phenoxy) is 2. The number of benzene rings is 1. The SMILES string of the molecule is CCNC(=O)NC(=O)[C@H](C)OC(=O)c1cccc(S(=O)(=O)N2C[C@@H](C)O[C@H](C)C2)c1. The smallest absolute Gasteiger partial charge is 0.338 e. The van der Waals surface area contributed by atoms with Gasteiger partial charge in [-0.2, -0.15) is 4.31 Å². The number of urea groups is 1. The molecule has 0 radical (unpaired) electrons. The lowest BCUT2D eigenvalue weighted by molar-refractivity contribution is -0.127. The molecule has 0 bridgehead atoms. The predicted octanol–water partition coefficient (Wildman–Crippen LogP) is 0.876. The fourth-order valence-electron chi connectivity index (χ4n) is 2.96. The van der Waals surface area contributed by atoms with Gasteiger partial charge in [0.25, 0.3) is 5.91 Å². The molecule has 1 aliphatic rings. The van der Waals surface area contributed by atoms with Crippen molar-refractivity contribution in [3.8, 4) is 0 Å². The van der Waals surface area contributed by atoms with E-state index in [9.17, 15) is 22.8 Å². The summed E-state index contributed by atoms with van der Waals surface area (Å²) >= 11 is 0. The number of hydrogen-bond donors (Lipinski definition) is 2. The largest absolute Gasteiger partial charge is 0.449 e. The van der Waals surface area contributed by atoms with Crippen molar-refractivity contribution in [3.05, 3.63) is 29.8 Å². The van der Waals surface area contributed by atoms with Crippen molar-refractivity contribution in [2.45, 2.75) is 50.9 Å². The molecule has 1 aliphatic heterocycles. The highest BCUT2D eigenvalue weighted by Gasteiger charge is 2.32. The van der Waals surface area contributed by atoms with Crippen LogP contribution in [-0.4, -0.2) is 68.6 Å². The number of hydrogen-bond acceptors (Lipinski definition) is 7. The Hall–Kier alpha value is -2.50. The second-order valence-electron chi connectivity index (χ2n) is 7.00. The maximum atomic E-state index is 13.0. The number of carbonyl (C=O) groups is 3. The van der Waals surface area contributed by atoms with E-state index in [-0.39, 0.29) is 35.8 Å². The number of rotatable bonds is 6. The number of esters is 1. The number of amides is 3. The standard InChI is InChI=1S/C19H27N3O7S/c1-5-20-19(25)21-17(23)14(4)29-18(24)15-7-6-8-16(9-15)30(26,27)22-10-12(2)28-13(3)11-22/h6-9,12-14H,5,10-11H2,1-4H3,(H2,20,21,23,25)/t12-,13-,14+/m1/s1. The highest BCUT2D eigenvalue weighted by atomic mass is 32.2. The molecule has 0 saturated carbocycles. The lowest BCUT2D eigenvalue weighted by Gasteiger charge is -2.34. The van der Waals surface area contributed by atoms with Crippen molar-refractivity contribution in [2.75, 3.05) is 19.6 Å². The van der Waals surface area contributed by atoms with Crippen molar-refractivity contribution >= 4 is 27.9 Å². The minimum Gasteiger partial charge on any atom is -0.449 e. The third-order valence-electron chi connectivity index (χ3n) is 4.32. The van der Waals surface area contributed by atoms with Crippen molar-refractivity contribution in [3.63, 3.8) is 0 Å². The fourth-order valence-corrected chi connectivity index (χ4v) is 4.60. The average molecular weight is 442 g/mol. The minimum atomic E-state index is -3.84. The monoisotopic (exact) mass is 441 g/mol. The van der Waals surface area contributed by atoms with Gasteiger partial charge < -0.3 is 14.8 Å². The van der Waals surface area contributed by atoms with E-state index in [0.717, 1.165) is 0 Å². The third kappa shape index (κ3) is 6.00. The molecule has 166 valence electrons. The molecule has 1 saturated heterocycles. The Morgan fingerprint density at radius 2 is 1.87 bits per heavy atom. The summed E-state index contributed by atoms with van der Waals surface area (Å²) in [5.41, 5.74) is -0.0249. The molecule has 2 N–H and O–H groups in total. The Balaban J connectivity index is 2.11. The molecule has 1 aromatic rings. The van der Waals surface area contributed by atoms with Crippen LogP contribution in [0, 0.1) is 0 Å². The maximum absolute atomic E-state index is 13.0. The summed E-state index contributed by atoms with van der Waals surface area (Å²) in [6, 6.07) is 4.71. The Morgan fingerprint density at radius 3 is 2.47 bits per heavy atom. The van der Waals surface area contributed by atoms with E-state index in [1.165, 1.54) is 35.5 Å². The van der Waals surface area contributed by atoms with Crippen molar-refractivity contribution in [1.82, 2.24) is 14.9 Å². The predicted molar refractivity (Wildman–Crippen MR) is 107 cm³/mol. The topological polar surface area (TPSA) is 131 Å². The van der Waals surface area contributed by atoms with Gasteiger partial charge in [0.15, 0.2) is 6.10 Å². The van der Waals surface area contributed by atoms with Crippen LogP contribution in [0.5, 0.6) is 0 Å². The first-order chi connectivity index (χ1) is 14.0. The number of morpholine rings is 1. The first-order valence-electron chi connectivity index (χ1n) is 9.60. The summed E-state index contributed by atoms with van der Waals surface area (Å²) in [4.78, 5) is 35.7. The van der Waals surface area contributed by atoms with Gasteiger partial charge in [0.1, 0.15) is 0 Å². The zero-order valence-corrected chi connectivity index (χ0v) is 18.2. The average Bonchev–Trinajstić information content (AvgIpc) is 2.67. The van der Waals surface area contributed by atoms with Gasteiger partial charge in [-0.3, -0.25) is 10.1 Å². The van der Waals surface area contributed by atoms with Crippen LogP contribution >= 0.6 is 0 Å². The number of imide groups is 1. The normalized spacial score (nSPS) is 20.8. The number of nitrogens with zero attached hydrogens (tertiary/aromatic N) is 1. The first kappa shape index (κ1) is 23.8. The summed E-state index contributed by atoms with van der Waals surface area (Å²) < 4.78 is 37.9. The molecular formula is C19H27N3O7S. The molecular weight excluding hydrogens is 414 g/mol. The molecule has 3 amide bonds. The van der Waals surface area contributed by atoms with Crippen LogP contribution in [0.15, 0.2) is 29.2 Å². The number of nitrogens with one attached hydrogen (secondary N) is 2. The second-order valence-corrected chi connectivity index (χ2v) is 8.94. The highest BCUT2D eigenvalue weighted by molar-refractivity contribution is 7.89. The molecule has 11 heteroatoms. The van der Waals surface area contributed by atoms with Crippen LogP contribution in [0.2, 0.25) is 0 Å². The Bertz CT molecular complexity index is 893. The number of carbonyl (C=O) groups excluding carboxylic acids is 3. The Kier molecular flexibility index (Phi) is 7.93. The zero-order chi connectivity index (χ0) is 22.5. The van der Waals surface area contributed by atoms with Crippen molar-refractivity contribution < 1.29 is 32.3 Å². The highest BCUT2D eigenvalue weighted by Crippen LogP contribution is 2.22. The van der Waals surface area contributed by atoms with Crippen LogP contribution in [0.1, 0.15) is 38.1 Å². The lowest BCUT2D eigenvalue weighted by Crippen LogP contribution is -2.48. The van der Waals surface area contributed by atoms with Crippen molar-refractivity contribution in [1.29, 1.82) is 0 Å². The van der Waals surface area contributed by atoms with Crippen LogP contribution < -0.4 is 10.6 Å². The lowest BCUT2D eigenvalue weighted by atomic mass is 10.2. The van der Waals surface area contributed by atoms with Gasteiger partial charge >= 0.3 is 12.0 Å². The van der Waals surface area contributed by atoms with E-state index in [0.29, 0.717) is 6.54 Å².